The first-order chi connectivity index (χ1) is 14.3. The smallest absolute Gasteiger partial charge is 0.208 e. The van der Waals surface area contributed by atoms with Crippen LogP contribution < -0.4 is 17.2 Å². The van der Waals surface area contributed by atoms with Crippen LogP contribution in [-0.4, -0.2) is 55.5 Å². The second-order valence-electron chi connectivity index (χ2n) is 7.83. The van der Waals surface area contributed by atoms with Gasteiger partial charge < -0.3 is 31.7 Å². The first-order valence-corrected chi connectivity index (χ1v) is 10.9. The number of hydrogen-bond acceptors (Lipinski definition) is 7. The van der Waals surface area contributed by atoms with Crippen LogP contribution in [0.5, 0.6) is 0 Å². The molecule has 3 rings (SSSR count). The number of amidine groups is 1. The fourth-order valence-electron chi connectivity index (χ4n) is 3.59. The van der Waals surface area contributed by atoms with Crippen molar-refractivity contribution in [3.8, 4) is 0 Å². The second-order valence-corrected chi connectivity index (χ2v) is 8.67. The minimum atomic E-state index is 0.209. The van der Waals surface area contributed by atoms with Crippen LogP contribution >= 0.6 is 23.2 Å². The van der Waals surface area contributed by atoms with Crippen LogP contribution in [0, 0.1) is 5.92 Å². The highest BCUT2D eigenvalue weighted by molar-refractivity contribution is 6.33. The molecule has 0 saturated carbocycles. The Bertz CT molecular complexity index is 846. The highest BCUT2D eigenvalue weighted by Crippen LogP contribution is 2.25. The van der Waals surface area contributed by atoms with Crippen LogP contribution in [0.3, 0.4) is 0 Å². The number of nitrogens with two attached hydrogens (primary N) is 3. The van der Waals surface area contributed by atoms with Gasteiger partial charge in [-0.1, -0.05) is 23.2 Å². The summed E-state index contributed by atoms with van der Waals surface area (Å²) in [5, 5.41) is 1.27. The van der Waals surface area contributed by atoms with Gasteiger partial charge in [0, 0.05) is 23.1 Å². The van der Waals surface area contributed by atoms with Gasteiger partial charge in [-0.3, -0.25) is 4.99 Å². The third-order valence-electron chi connectivity index (χ3n) is 5.51. The third-order valence-corrected chi connectivity index (χ3v) is 6.12. The van der Waals surface area contributed by atoms with Crippen LogP contribution in [0.15, 0.2) is 46.5 Å². The molecule has 0 unspecified atom stereocenters. The number of aliphatic imine (C=N–C) groups is 1. The van der Waals surface area contributed by atoms with Crippen LogP contribution in [-0.2, 0) is 11.3 Å². The van der Waals surface area contributed by atoms with Gasteiger partial charge in [-0.25, -0.2) is 0 Å². The van der Waals surface area contributed by atoms with Gasteiger partial charge in [-0.15, -0.1) is 0 Å². The van der Waals surface area contributed by atoms with Gasteiger partial charge in [0.25, 0.3) is 0 Å². The average Bonchev–Trinajstić information content (AvgIpc) is 2.72. The van der Waals surface area contributed by atoms with Crippen molar-refractivity contribution in [3.05, 3.63) is 57.2 Å². The molecule has 0 aromatic heterocycles. The van der Waals surface area contributed by atoms with Crippen molar-refractivity contribution in [1.82, 2.24) is 9.80 Å². The van der Waals surface area contributed by atoms with Gasteiger partial charge in [0.1, 0.15) is 5.84 Å². The molecule has 0 radical (unpaired) electrons. The lowest BCUT2D eigenvalue weighted by molar-refractivity contribution is 0.114. The van der Waals surface area contributed by atoms with Crippen molar-refractivity contribution in [1.29, 1.82) is 0 Å². The molecule has 1 saturated heterocycles. The zero-order chi connectivity index (χ0) is 21.7. The maximum atomic E-state index is 6.34. The van der Waals surface area contributed by atoms with Crippen LogP contribution in [0.4, 0.5) is 0 Å². The quantitative estimate of drug-likeness (QED) is 0.572. The predicted octanol–water partition coefficient (Wildman–Crippen LogP) is 2.50. The van der Waals surface area contributed by atoms with E-state index in [-0.39, 0.29) is 5.88 Å². The first kappa shape index (κ1) is 22.6. The molecule has 2 aliphatic rings. The Hall–Kier alpha value is -2.09. The van der Waals surface area contributed by atoms with Gasteiger partial charge in [-0.05, 0) is 68.7 Å². The molecule has 9 heteroatoms. The van der Waals surface area contributed by atoms with Crippen molar-refractivity contribution in [2.75, 3.05) is 39.8 Å². The SMILES string of the molecule is CN1CCC(COC(N)=C(N)C=C2C(N)=NCCN2Cc2cc(Cl)ccc2Cl)CC1. The largest absolute Gasteiger partial charge is 0.478 e. The summed E-state index contributed by atoms with van der Waals surface area (Å²) in [5.74, 6) is 1.11. The summed E-state index contributed by atoms with van der Waals surface area (Å²) in [7, 11) is 2.13. The Morgan fingerprint density at radius 1 is 1.23 bits per heavy atom. The highest BCUT2D eigenvalue weighted by Gasteiger charge is 2.21. The topological polar surface area (TPSA) is 106 Å². The molecule has 0 spiro atoms. The fourth-order valence-corrected chi connectivity index (χ4v) is 3.96. The monoisotopic (exact) mass is 452 g/mol. The number of piperidine rings is 1. The summed E-state index contributed by atoms with van der Waals surface area (Å²) < 4.78 is 5.78. The molecule has 0 bridgehead atoms. The van der Waals surface area contributed by atoms with Gasteiger partial charge in [0.2, 0.25) is 5.88 Å². The van der Waals surface area contributed by atoms with E-state index in [0.29, 0.717) is 59.4 Å². The van der Waals surface area contributed by atoms with Crippen molar-refractivity contribution < 1.29 is 4.74 Å². The Kier molecular flexibility index (Phi) is 7.75. The van der Waals surface area contributed by atoms with E-state index in [9.17, 15) is 0 Å². The lowest BCUT2D eigenvalue weighted by Gasteiger charge is -2.30. The lowest BCUT2D eigenvalue weighted by atomic mass is 9.98. The first-order valence-electron chi connectivity index (χ1n) is 10.1. The molecule has 1 aromatic rings. The summed E-state index contributed by atoms with van der Waals surface area (Å²) in [6.45, 7) is 4.52. The van der Waals surface area contributed by atoms with Crippen LogP contribution in [0.1, 0.15) is 18.4 Å². The molecule has 6 N–H and O–H groups in total. The number of likely N-dealkylation sites (tertiary alicyclic amines) is 1. The molecule has 0 aliphatic carbocycles. The Labute approximate surface area is 188 Å². The minimum absolute atomic E-state index is 0.209. The zero-order valence-corrected chi connectivity index (χ0v) is 18.8. The van der Waals surface area contributed by atoms with E-state index in [0.717, 1.165) is 31.5 Å². The van der Waals surface area contributed by atoms with Crippen molar-refractivity contribution in [2.45, 2.75) is 19.4 Å². The molecule has 7 nitrogen and oxygen atoms in total. The molecular formula is C21H30Cl2N6O. The summed E-state index contributed by atoms with van der Waals surface area (Å²) in [6.07, 6.45) is 3.91. The predicted molar refractivity (Wildman–Crippen MR) is 123 cm³/mol. The number of hydrogen-bond donors (Lipinski definition) is 3. The molecule has 1 fully saturated rings. The van der Waals surface area contributed by atoms with Gasteiger partial charge in [0.05, 0.1) is 24.5 Å². The number of nitrogens with zero attached hydrogens (tertiary/aromatic N) is 3. The van der Waals surface area contributed by atoms with E-state index >= 15 is 0 Å². The Balaban J connectivity index is 1.72. The summed E-state index contributed by atoms with van der Waals surface area (Å²) in [6, 6.07) is 5.40. The summed E-state index contributed by atoms with van der Waals surface area (Å²) >= 11 is 12.5. The van der Waals surface area contributed by atoms with Crippen LogP contribution in [0.2, 0.25) is 10.0 Å². The molecule has 1 aromatic carbocycles. The maximum absolute atomic E-state index is 6.34. The molecular weight excluding hydrogens is 423 g/mol. The number of ether oxygens (including phenoxy) is 1. The van der Waals surface area contributed by atoms with E-state index in [1.807, 2.05) is 6.07 Å². The summed E-state index contributed by atoms with van der Waals surface area (Å²) in [4.78, 5) is 8.73. The summed E-state index contributed by atoms with van der Waals surface area (Å²) in [5.41, 5.74) is 20.4. The lowest BCUT2D eigenvalue weighted by Crippen LogP contribution is -2.38. The van der Waals surface area contributed by atoms with E-state index in [2.05, 4.69) is 21.8 Å². The van der Waals surface area contributed by atoms with E-state index < -0.39 is 0 Å². The number of halogens is 2. The molecule has 164 valence electrons. The van der Waals surface area contributed by atoms with Gasteiger partial charge in [0.15, 0.2) is 0 Å². The Morgan fingerprint density at radius 3 is 2.70 bits per heavy atom. The van der Waals surface area contributed by atoms with Gasteiger partial charge in [-0.2, -0.15) is 0 Å². The highest BCUT2D eigenvalue weighted by atomic mass is 35.5. The minimum Gasteiger partial charge on any atom is -0.478 e. The van der Waals surface area contributed by atoms with E-state index in [4.69, 9.17) is 45.1 Å². The standard InChI is InChI=1S/C21H30Cl2N6O/c1-28-7-4-14(5-8-28)13-30-21(26)18(24)11-19-20(25)27-6-9-29(19)12-15-10-16(22)2-3-17(15)23/h2-3,10-11,14H,4-9,12-13,24,26H2,1H3,(H2,25,27). The molecule has 2 heterocycles. The van der Waals surface area contributed by atoms with Crippen molar-refractivity contribution in [2.24, 2.45) is 28.1 Å². The normalized spacial score (nSPS) is 20.8. The fraction of sp³-hybridized carbons (Fsp3) is 0.476. The van der Waals surface area contributed by atoms with Crippen LogP contribution in [0.25, 0.3) is 0 Å². The van der Waals surface area contributed by atoms with Crippen molar-refractivity contribution in [3.63, 3.8) is 0 Å². The van der Waals surface area contributed by atoms with E-state index in [1.165, 1.54) is 0 Å². The Morgan fingerprint density at radius 2 is 1.97 bits per heavy atom. The molecule has 0 atom stereocenters. The molecule has 30 heavy (non-hydrogen) atoms. The third kappa shape index (κ3) is 5.97. The maximum Gasteiger partial charge on any atom is 0.208 e. The van der Waals surface area contributed by atoms with Crippen molar-refractivity contribution >= 4 is 29.0 Å². The van der Waals surface area contributed by atoms with E-state index in [1.54, 1.807) is 18.2 Å². The van der Waals surface area contributed by atoms with Gasteiger partial charge >= 0.3 is 0 Å². The zero-order valence-electron chi connectivity index (χ0n) is 17.3. The number of rotatable bonds is 6. The molecule has 0 amide bonds. The second kappa shape index (κ2) is 10.3. The molecule has 2 aliphatic heterocycles. The number of allylic oxidation sites excluding steroid dienone is 1. The number of benzene rings is 1. The average molecular weight is 453 g/mol.